The number of carbonyl (C=O) groups is 1. The number of hydrogen-bond acceptors (Lipinski definition) is 7. The van der Waals surface area contributed by atoms with Crippen LogP contribution < -0.4 is 11.2 Å². The Morgan fingerprint density at radius 3 is 2.54 bits per heavy atom. The van der Waals surface area contributed by atoms with Crippen LogP contribution in [0.4, 0.5) is 0 Å². The van der Waals surface area contributed by atoms with Crippen molar-refractivity contribution >= 4 is 17.1 Å². The van der Waals surface area contributed by atoms with E-state index in [1.54, 1.807) is 32.6 Å². The molecule has 0 aliphatic rings. The Balaban J connectivity index is 1.75. The zero-order chi connectivity index (χ0) is 25.1. The molecule has 3 aromatic heterocycles. The molecule has 1 amide bonds. The molecule has 1 aromatic carbocycles. The Morgan fingerprint density at radius 2 is 1.89 bits per heavy atom. The van der Waals surface area contributed by atoms with E-state index in [0.29, 0.717) is 24.6 Å². The number of aryl methyl sites for hydroxylation is 2. The first-order chi connectivity index (χ1) is 16.8. The lowest BCUT2D eigenvalue weighted by molar-refractivity contribution is -0.131. The van der Waals surface area contributed by atoms with Gasteiger partial charge in [-0.15, -0.1) is 0 Å². The molecule has 0 radical (unpaired) electrons. The fourth-order valence-electron chi connectivity index (χ4n) is 3.95. The largest absolute Gasteiger partial charge is 0.383 e. The summed E-state index contributed by atoms with van der Waals surface area (Å²) in [5.41, 5.74) is 1.71. The van der Waals surface area contributed by atoms with Gasteiger partial charge in [-0.25, -0.2) is 14.3 Å². The number of ether oxygens (including phenoxy) is 1. The topological polar surface area (TPSA) is 117 Å². The number of rotatable bonds is 9. The van der Waals surface area contributed by atoms with Crippen molar-refractivity contribution in [2.24, 2.45) is 0 Å². The fourth-order valence-corrected chi connectivity index (χ4v) is 3.95. The van der Waals surface area contributed by atoms with Gasteiger partial charge in [0.2, 0.25) is 5.91 Å². The number of imidazole rings is 1. The molecule has 0 saturated carbocycles. The molecular weight excluding hydrogens is 452 g/mol. The maximum absolute atomic E-state index is 13.5. The standard InChI is InChI=1S/C24H28N6O5/c1-16-19(17(2)35-26-16)13-27(3)20(31)14-30-23(32)21-22(25-15-28(21)10-11-34-4)29(24(30)33)12-18-8-6-5-7-9-18/h5-9,15H,10-14H2,1-4H3. The minimum atomic E-state index is -0.595. The summed E-state index contributed by atoms with van der Waals surface area (Å²) in [7, 11) is 3.18. The van der Waals surface area contributed by atoms with Crippen LogP contribution >= 0.6 is 0 Å². The van der Waals surface area contributed by atoms with E-state index in [1.165, 1.54) is 15.8 Å². The van der Waals surface area contributed by atoms with Gasteiger partial charge in [-0.1, -0.05) is 35.5 Å². The lowest BCUT2D eigenvalue weighted by atomic mass is 10.2. The molecule has 0 atom stereocenters. The van der Waals surface area contributed by atoms with Crippen molar-refractivity contribution in [3.63, 3.8) is 0 Å². The molecular formula is C24H28N6O5. The van der Waals surface area contributed by atoms with Crippen LogP contribution in [-0.2, 0) is 35.7 Å². The third-order valence-electron chi connectivity index (χ3n) is 6.00. The number of hydrogen-bond donors (Lipinski definition) is 0. The minimum Gasteiger partial charge on any atom is -0.383 e. The highest BCUT2D eigenvalue weighted by Crippen LogP contribution is 2.15. The van der Waals surface area contributed by atoms with Crippen LogP contribution in [-0.4, -0.2) is 55.4 Å². The molecule has 0 saturated heterocycles. The van der Waals surface area contributed by atoms with Gasteiger partial charge in [0.05, 0.1) is 31.7 Å². The zero-order valence-corrected chi connectivity index (χ0v) is 20.2. The number of likely N-dealkylation sites (N-methyl/N-ethyl adjacent to an activating group) is 1. The van der Waals surface area contributed by atoms with Crippen molar-refractivity contribution in [2.45, 2.75) is 40.0 Å². The first kappa shape index (κ1) is 24.1. The summed E-state index contributed by atoms with van der Waals surface area (Å²) in [6.07, 6.45) is 1.52. The smallest absolute Gasteiger partial charge is 0.333 e. The SMILES string of the molecule is COCCn1cnc2c1c(=O)n(CC(=O)N(C)Cc1c(C)noc1C)c(=O)n2Cc1ccccc1. The molecule has 11 heteroatoms. The second-order valence-corrected chi connectivity index (χ2v) is 8.40. The van der Waals surface area contributed by atoms with Gasteiger partial charge < -0.3 is 18.7 Å². The van der Waals surface area contributed by atoms with Crippen molar-refractivity contribution in [1.82, 2.24) is 28.7 Å². The molecule has 11 nitrogen and oxygen atoms in total. The van der Waals surface area contributed by atoms with Crippen LogP contribution in [0, 0.1) is 13.8 Å². The number of carbonyl (C=O) groups excluding carboxylic acids is 1. The number of nitrogens with zero attached hydrogens (tertiary/aromatic N) is 6. The van der Waals surface area contributed by atoms with Crippen LogP contribution in [0.3, 0.4) is 0 Å². The van der Waals surface area contributed by atoms with Gasteiger partial charge in [-0.05, 0) is 19.4 Å². The third kappa shape index (κ3) is 4.80. The van der Waals surface area contributed by atoms with Gasteiger partial charge in [0, 0.05) is 26.3 Å². The predicted molar refractivity (Wildman–Crippen MR) is 128 cm³/mol. The Hall–Kier alpha value is -3.99. The number of fused-ring (bicyclic) bond motifs is 1. The molecule has 4 rings (SSSR count). The number of benzene rings is 1. The number of aromatic nitrogens is 5. The van der Waals surface area contributed by atoms with Crippen molar-refractivity contribution in [3.05, 3.63) is 80.1 Å². The molecule has 0 N–H and O–H groups in total. The molecule has 0 unspecified atom stereocenters. The van der Waals surface area contributed by atoms with Crippen molar-refractivity contribution < 1.29 is 14.1 Å². The van der Waals surface area contributed by atoms with E-state index in [-0.39, 0.29) is 24.3 Å². The Bertz CT molecular complexity index is 1440. The average molecular weight is 481 g/mol. The van der Waals surface area contributed by atoms with E-state index in [1.807, 2.05) is 30.3 Å². The van der Waals surface area contributed by atoms with Gasteiger partial charge in [-0.3, -0.25) is 14.2 Å². The van der Waals surface area contributed by atoms with E-state index in [2.05, 4.69) is 10.1 Å². The highest BCUT2D eigenvalue weighted by atomic mass is 16.5. The van der Waals surface area contributed by atoms with E-state index in [9.17, 15) is 14.4 Å². The maximum atomic E-state index is 13.5. The highest BCUT2D eigenvalue weighted by Gasteiger charge is 2.22. The minimum absolute atomic E-state index is 0.209. The summed E-state index contributed by atoms with van der Waals surface area (Å²) >= 11 is 0. The molecule has 0 fully saturated rings. The number of amides is 1. The van der Waals surface area contributed by atoms with Crippen molar-refractivity contribution in [1.29, 1.82) is 0 Å². The van der Waals surface area contributed by atoms with E-state index < -0.39 is 23.7 Å². The van der Waals surface area contributed by atoms with Crippen LogP contribution in [0.5, 0.6) is 0 Å². The molecule has 184 valence electrons. The third-order valence-corrected chi connectivity index (χ3v) is 6.00. The van der Waals surface area contributed by atoms with Crippen LogP contribution in [0.2, 0.25) is 0 Å². The summed E-state index contributed by atoms with van der Waals surface area (Å²) in [5.74, 6) is 0.228. The van der Waals surface area contributed by atoms with E-state index in [4.69, 9.17) is 9.26 Å². The predicted octanol–water partition coefficient (Wildman–Crippen LogP) is 1.32. The lowest BCUT2D eigenvalue weighted by Gasteiger charge is -2.18. The summed E-state index contributed by atoms with van der Waals surface area (Å²) < 4.78 is 14.4. The molecule has 0 spiro atoms. The van der Waals surface area contributed by atoms with Crippen LogP contribution in [0.1, 0.15) is 22.6 Å². The Labute approximate surface area is 201 Å². The van der Waals surface area contributed by atoms with Gasteiger partial charge in [0.15, 0.2) is 11.2 Å². The van der Waals surface area contributed by atoms with Gasteiger partial charge >= 0.3 is 5.69 Å². The average Bonchev–Trinajstić information content (AvgIpc) is 3.42. The fraction of sp³-hybridized carbons (Fsp3) is 0.375. The van der Waals surface area contributed by atoms with Crippen LogP contribution in [0.15, 0.2) is 50.8 Å². The summed E-state index contributed by atoms with van der Waals surface area (Å²) in [6.45, 7) is 4.37. The lowest BCUT2D eigenvalue weighted by Crippen LogP contribution is -2.44. The van der Waals surface area contributed by atoms with Crippen LogP contribution in [0.25, 0.3) is 11.2 Å². The molecule has 0 aliphatic heterocycles. The van der Waals surface area contributed by atoms with Gasteiger partial charge in [-0.2, -0.15) is 0 Å². The zero-order valence-electron chi connectivity index (χ0n) is 20.2. The quantitative estimate of drug-likeness (QED) is 0.355. The molecule has 3 heterocycles. The maximum Gasteiger partial charge on any atom is 0.333 e. The molecule has 35 heavy (non-hydrogen) atoms. The first-order valence-corrected chi connectivity index (χ1v) is 11.2. The Morgan fingerprint density at radius 1 is 1.14 bits per heavy atom. The first-order valence-electron chi connectivity index (χ1n) is 11.2. The normalized spacial score (nSPS) is 11.3. The van der Waals surface area contributed by atoms with Crippen molar-refractivity contribution in [2.75, 3.05) is 20.8 Å². The molecule has 0 bridgehead atoms. The second-order valence-electron chi connectivity index (χ2n) is 8.40. The monoisotopic (exact) mass is 480 g/mol. The second kappa shape index (κ2) is 10.1. The summed E-state index contributed by atoms with van der Waals surface area (Å²) in [6, 6.07) is 9.40. The van der Waals surface area contributed by atoms with Gasteiger partial charge in [0.1, 0.15) is 12.3 Å². The Kier molecular flexibility index (Phi) is 6.97. The highest BCUT2D eigenvalue weighted by molar-refractivity contribution is 5.76. The summed E-state index contributed by atoms with van der Waals surface area (Å²) in [5, 5.41) is 3.91. The molecule has 0 aliphatic carbocycles. The van der Waals surface area contributed by atoms with E-state index >= 15 is 0 Å². The number of methoxy groups -OCH3 is 1. The summed E-state index contributed by atoms with van der Waals surface area (Å²) in [4.78, 5) is 45.8. The van der Waals surface area contributed by atoms with Crippen molar-refractivity contribution in [3.8, 4) is 0 Å². The van der Waals surface area contributed by atoms with E-state index in [0.717, 1.165) is 15.7 Å². The van der Waals surface area contributed by atoms with Gasteiger partial charge in [0.25, 0.3) is 5.56 Å². The molecule has 4 aromatic rings.